The van der Waals surface area contributed by atoms with Crippen molar-refractivity contribution >= 4 is 17.5 Å². The predicted molar refractivity (Wildman–Crippen MR) is 103 cm³/mol. The van der Waals surface area contributed by atoms with Crippen molar-refractivity contribution in [3.8, 4) is 0 Å². The van der Waals surface area contributed by atoms with Crippen LogP contribution in [0.2, 0.25) is 0 Å². The van der Waals surface area contributed by atoms with E-state index in [1.54, 1.807) is 0 Å². The SMILES string of the molecule is CCc1cc(C(=O)N2CCN(CC(=O)N3CCc4ccccc43)CC2)n[nH]1. The second-order valence-corrected chi connectivity index (χ2v) is 7.12. The van der Waals surface area contributed by atoms with Crippen molar-refractivity contribution < 1.29 is 9.59 Å². The Hall–Kier alpha value is -2.67. The first-order chi connectivity index (χ1) is 13.2. The molecular weight excluding hydrogens is 342 g/mol. The van der Waals surface area contributed by atoms with Crippen LogP contribution in [-0.4, -0.2) is 71.1 Å². The molecule has 0 saturated carbocycles. The van der Waals surface area contributed by atoms with Gasteiger partial charge in [-0.2, -0.15) is 5.10 Å². The van der Waals surface area contributed by atoms with E-state index in [9.17, 15) is 9.59 Å². The predicted octanol–water partition coefficient (Wildman–Crippen LogP) is 1.32. The van der Waals surface area contributed by atoms with E-state index in [-0.39, 0.29) is 11.8 Å². The summed E-state index contributed by atoms with van der Waals surface area (Å²) in [7, 11) is 0. The molecule has 4 rings (SSSR count). The number of aromatic amines is 1. The molecule has 1 aromatic carbocycles. The van der Waals surface area contributed by atoms with Crippen LogP contribution in [0.25, 0.3) is 0 Å². The number of piperazine rings is 1. The summed E-state index contributed by atoms with van der Waals surface area (Å²) in [5.41, 5.74) is 3.73. The third kappa shape index (κ3) is 3.60. The minimum absolute atomic E-state index is 0.0367. The smallest absolute Gasteiger partial charge is 0.274 e. The van der Waals surface area contributed by atoms with E-state index < -0.39 is 0 Å². The molecule has 0 unspecified atom stereocenters. The molecular formula is C20H25N5O2. The fourth-order valence-electron chi connectivity index (χ4n) is 3.80. The highest BCUT2D eigenvalue weighted by molar-refractivity contribution is 5.97. The Morgan fingerprint density at radius 1 is 1.11 bits per heavy atom. The molecule has 2 aromatic rings. The zero-order valence-electron chi connectivity index (χ0n) is 15.6. The Morgan fingerprint density at radius 2 is 1.89 bits per heavy atom. The van der Waals surface area contributed by atoms with Gasteiger partial charge in [0.25, 0.3) is 5.91 Å². The van der Waals surface area contributed by atoms with E-state index >= 15 is 0 Å². The zero-order valence-corrected chi connectivity index (χ0v) is 15.6. The Morgan fingerprint density at radius 3 is 2.63 bits per heavy atom. The lowest BCUT2D eigenvalue weighted by atomic mass is 10.2. The molecule has 2 aliphatic heterocycles. The lowest BCUT2D eigenvalue weighted by Gasteiger charge is -2.34. The van der Waals surface area contributed by atoms with Crippen molar-refractivity contribution in [2.45, 2.75) is 19.8 Å². The Kier molecular flexibility index (Phi) is 4.94. The van der Waals surface area contributed by atoms with Crippen molar-refractivity contribution in [3.63, 3.8) is 0 Å². The number of nitrogens with zero attached hydrogens (tertiary/aromatic N) is 4. The second kappa shape index (κ2) is 7.52. The van der Waals surface area contributed by atoms with Crippen LogP contribution < -0.4 is 4.90 Å². The van der Waals surface area contributed by atoms with Gasteiger partial charge in [-0.15, -0.1) is 0 Å². The summed E-state index contributed by atoms with van der Waals surface area (Å²) < 4.78 is 0. The number of benzene rings is 1. The van der Waals surface area contributed by atoms with Gasteiger partial charge in [0.2, 0.25) is 5.91 Å². The normalized spacial score (nSPS) is 17.2. The number of aromatic nitrogens is 2. The first kappa shape index (κ1) is 17.7. The number of rotatable bonds is 4. The average molecular weight is 367 g/mol. The highest BCUT2D eigenvalue weighted by atomic mass is 16.2. The molecule has 1 saturated heterocycles. The summed E-state index contributed by atoms with van der Waals surface area (Å²) in [6.45, 7) is 5.84. The number of fused-ring (bicyclic) bond motifs is 1. The third-order valence-corrected chi connectivity index (χ3v) is 5.44. The maximum absolute atomic E-state index is 12.7. The maximum Gasteiger partial charge on any atom is 0.274 e. The molecule has 27 heavy (non-hydrogen) atoms. The van der Waals surface area contributed by atoms with Crippen molar-refractivity contribution in [2.24, 2.45) is 0 Å². The number of nitrogens with one attached hydrogen (secondary N) is 1. The minimum atomic E-state index is -0.0367. The fraction of sp³-hybridized carbons (Fsp3) is 0.450. The van der Waals surface area contributed by atoms with Gasteiger partial charge in [-0.3, -0.25) is 19.6 Å². The largest absolute Gasteiger partial charge is 0.335 e. The van der Waals surface area contributed by atoms with Crippen LogP contribution in [0, 0.1) is 0 Å². The number of H-pyrrole nitrogens is 1. The van der Waals surface area contributed by atoms with Crippen molar-refractivity contribution in [2.75, 3.05) is 44.2 Å². The van der Waals surface area contributed by atoms with Gasteiger partial charge in [0, 0.05) is 44.1 Å². The molecule has 0 aliphatic carbocycles. The summed E-state index contributed by atoms with van der Waals surface area (Å²) in [5, 5.41) is 7.00. The summed E-state index contributed by atoms with van der Waals surface area (Å²) in [6, 6.07) is 9.93. The lowest BCUT2D eigenvalue weighted by Crippen LogP contribution is -2.51. The molecule has 1 N–H and O–H groups in total. The molecule has 1 aromatic heterocycles. The number of carbonyl (C=O) groups excluding carboxylic acids is 2. The van der Waals surface area contributed by atoms with Crippen LogP contribution in [0.5, 0.6) is 0 Å². The number of aryl methyl sites for hydroxylation is 1. The molecule has 7 heteroatoms. The van der Waals surface area contributed by atoms with Crippen molar-refractivity contribution in [1.82, 2.24) is 20.0 Å². The van der Waals surface area contributed by atoms with Gasteiger partial charge in [-0.1, -0.05) is 25.1 Å². The van der Waals surface area contributed by atoms with Crippen LogP contribution >= 0.6 is 0 Å². The van der Waals surface area contributed by atoms with Gasteiger partial charge in [-0.25, -0.2) is 0 Å². The first-order valence-corrected chi connectivity index (χ1v) is 9.60. The van der Waals surface area contributed by atoms with E-state index in [1.807, 2.05) is 41.0 Å². The Labute approximate surface area is 158 Å². The third-order valence-electron chi connectivity index (χ3n) is 5.44. The van der Waals surface area contributed by atoms with Crippen LogP contribution in [0.3, 0.4) is 0 Å². The molecule has 2 aliphatic rings. The van der Waals surface area contributed by atoms with E-state index in [0.717, 1.165) is 30.8 Å². The number of para-hydroxylation sites is 1. The molecule has 0 atom stereocenters. The standard InChI is InChI=1S/C20H25N5O2/c1-2-16-13-17(22-21-16)20(27)24-11-9-23(10-12-24)14-19(26)25-8-7-15-5-3-4-6-18(15)25/h3-6,13H,2,7-12,14H2,1H3,(H,21,22). The summed E-state index contributed by atoms with van der Waals surface area (Å²) in [6.07, 6.45) is 1.75. The molecule has 142 valence electrons. The van der Waals surface area contributed by atoms with Crippen LogP contribution in [0.1, 0.15) is 28.7 Å². The second-order valence-electron chi connectivity index (χ2n) is 7.12. The van der Waals surface area contributed by atoms with Crippen LogP contribution in [0.4, 0.5) is 5.69 Å². The topological polar surface area (TPSA) is 72.5 Å². The van der Waals surface area contributed by atoms with Crippen LogP contribution in [-0.2, 0) is 17.6 Å². The highest BCUT2D eigenvalue weighted by Crippen LogP contribution is 2.27. The van der Waals surface area contributed by atoms with Gasteiger partial charge in [0.05, 0.1) is 6.54 Å². The van der Waals surface area contributed by atoms with E-state index in [0.29, 0.717) is 38.4 Å². The molecule has 0 spiro atoms. The van der Waals surface area contributed by atoms with Gasteiger partial charge in [0.1, 0.15) is 5.69 Å². The van der Waals surface area contributed by atoms with Gasteiger partial charge >= 0.3 is 0 Å². The van der Waals surface area contributed by atoms with Crippen molar-refractivity contribution in [1.29, 1.82) is 0 Å². The number of amides is 2. The number of hydrogen-bond acceptors (Lipinski definition) is 4. The zero-order chi connectivity index (χ0) is 18.8. The quantitative estimate of drug-likeness (QED) is 0.885. The monoisotopic (exact) mass is 367 g/mol. The lowest BCUT2D eigenvalue weighted by molar-refractivity contribution is -0.120. The first-order valence-electron chi connectivity index (χ1n) is 9.60. The number of hydrogen-bond donors (Lipinski definition) is 1. The Balaban J connectivity index is 1.31. The highest BCUT2D eigenvalue weighted by Gasteiger charge is 2.28. The van der Waals surface area contributed by atoms with Gasteiger partial charge in [0.15, 0.2) is 0 Å². The average Bonchev–Trinajstić information content (AvgIpc) is 3.35. The Bertz CT molecular complexity index is 838. The molecule has 1 fully saturated rings. The minimum Gasteiger partial charge on any atom is -0.335 e. The summed E-state index contributed by atoms with van der Waals surface area (Å²) in [4.78, 5) is 31.1. The van der Waals surface area contributed by atoms with Gasteiger partial charge in [-0.05, 0) is 30.5 Å². The van der Waals surface area contributed by atoms with Crippen molar-refractivity contribution in [3.05, 3.63) is 47.3 Å². The van der Waals surface area contributed by atoms with Gasteiger partial charge < -0.3 is 9.80 Å². The maximum atomic E-state index is 12.7. The number of anilines is 1. The van der Waals surface area contributed by atoms with E-state index in [4.69, 9.17) is 0 Å². The fourth-order valence-corrected chi connectivity index (χ4v) is 3.80. The van der Waals surface area contributed by atoms with Crippen LogP contribution in [0.15, 0.2) is 30.3 Å². The number of carbonyl (C=O) groups is 2. The van der Waals surface area contributed by atoms with E-state index in [2.05, 4.69) is 21.2 Å². The molecule has 0 bridgehead atoms. The molecule has 2 amide bonds. The van der Waals surface area contributed by atoms with E-state index in [1.165, 1.54) is 5.56 Å². The molecule has 0 radical (unpaired) electrons. The summed E-state index contributed by atoms with van der Waals surface area (Å²) in [5.74, 6) is 0.102. The molecule has 7 nitrogen and oxygen atoms in total. The molecule has 3 heterocycles. The summed E-state index contributed by atoms with van der Waals surface area (Å²) >= 11 is 0.